The first kappa shape index (κ1) is 16.2. The number of rotatable bonds is 2. The van der Waals surface area contributed by atoms with E-state index >= 15 is 0 Å². The van der Waals surface area contributed by atoms with Crippen LogP contribution in [0.5, 0.6) is 0 Å². The summed E-state index contributed by atoms with van der Waals surface area (Å²) in [5.41, 5.74) is -0.595. The number of alkyl carbamates (subject to hydrolysis) is 1. The van der Waals surface area contributed by atoms with Gasteiger partial charge in [-0.25, -0.2) is 4.79 Å². The first-order chi connectivity index (χ1) is 5.31. The molecule has 0 aromatic rings. The molecule has 0 heterocycles. The Morgan fingerprint density at radius 1 is 1.38 bits per heavy atom. The Bertz CT molecular complexity index is 187. The third-order valence-corrected chi connectivity index (χ3v) is 0.783. The third-order valence-electron chi connectivity index (χ3n) is 0.783. The summed E-state index contributed by atoms with van der Waals surface area (Å²) < 4.78 is 4.77. The number of carbonyl (C=O) groups excluding carboxylic acids is 1. The Balaban J connectivity index is 0. The Kier molecular flexibility index (Phi) is 8.90. The molecule has 5 nitrogen and oxygen atoms in total. The number of aliphatic carboxylic acids is 1. The van der Waals surface area contributed by atoms with E-state index in [1.807, 2.05) is 0 Å². The molecule has 0 aliphatic carbocycles. The first-order valence-electron chi connectivity index (χ1n) is 3.50. The van der Waals surface area contributed by atoms with Gasteiger partial charge in [-0.1, -0.05) is 0 Å². The predicted molar refractivity (Wildman–Crippen MR) is 49.0 cm³/mol. The van der Waals surface area contributed by atoms with Crippen molar-refractivity contribution in [3.05, 3.63) is 0 Å². The van der Waals surface area contributed by atoms with Crippen molar-refractivity contribution in [2.24, 2.45) is 0 Å². The van der Waals surface area contributed by atoms with Gasteiger partial charge in [0.2, 0.25) is 0 Å². The Morgan fingerprint density at radius 2 is 1.85 bits per heavy atom. The number of carboxylic acids is 1. The third kappa shape index (κ3) is 12.8. The van der Waals surface area contributed by atoms with Gasteiger partial charge in [0.25, 0.3) is 0 Å². The summed E-state index contributed by atoms with van der Waals surface area (Å²) >= 11 is 0. The van der Waals surface area contributed by atoms with Gasteiger partial charge in [-0.2, -0.15) is 0 Å². The zero-order chi connectivity index (χ0) is 9.78. The van der Waals surface area contributed by atoms with Gasteiger partial charge >= 0.3 is 81.0 Å². The summed E-state index contributed by atoms with van der Waals surface area (Å²) in [7, 11) is 0. The second-order valence-corrected chi connectivity index (χ2v) is 3.25. The molecule has 0 aromatic carbocycles. The summed E-state index contributed by atoms with van der Waals surface area (Å²) in [6, 6.07) is 0. The molecule has 0 aliphatic rings. The number of hydrogen-bond donors (Lipinski definition) is 2. The monoisotopic (exact) mass is 309 g/mol. The standard InChI is InChI=1S/C7H13NO4.Cs.H/c1-7(2,3)12-6(11)8-4-5(9)10;;/h4H2,1-3H3,(H,8,11)(H,9,10);;. The molecule has 0 aromatic heterocycles. The summed E-state index contributed by atoms with van der Waals surface area (Å²) in [5, 5.41) is 10.3. The molecule has 6 heteroatoms. The van der Waals surface area contributed by atoms with Crippen LogP contribution in [0.1, 0.15) is 20.8 Å². The predicted octanol–water partition coefficient (Wildman–Crippen LogP) is -0.0528. The first-order valence-corrected chi connectivity index (χ1v) is 3.50. The molecule has 0 unspecified atom stereocenters. The Labute approximate surface area is 136 Å². The van der Waals surface area contributed by atoms with Crippen LogP contribution in [0.25, 0.3) is 0 Å². The van der Waals surface area contributed by atoms with Crippen LogP contribution >= 0.6 is 0 Å². The van der Waals surface area contributed by atoms with Gasteiger partial charge < -0.3 is 15.2 Å². The number of carboxylic acid groups (broad SMARTS) is 1. The van der Waals surface area contributed by atoms with Crippen molar-refractivity contribution < 1.29 is 19.4 Å². The van der Waals surface area contributed by atoms with Crippen molar-refractivity contribution in [2.75, 3.05) is 6.54 Å². The van der Waals surface area contributed by atoms with E-state index in [1.165, 1.54) is 0 Å². The van der Waals surface area contributed by atoms with Crippen LogP contribution < -0.4 is 5.32 Å². The van der Waals surface area contributed by atoms with Gasteiger partial charge in [0.1, 0.15) is 12.1 Å². The molecule has 0 saturated carbocycles. The van der Waals surface area contributed by atoms with Crippen LogP contribution in [0.15, 0.2) is 0 Å². The van der Waals surface area contributed by atoms with Crippen molar-refractivity contribution >= 4 is 81.0 Å². The zero-order valence-electron chi connectivity index (χ0n) is 7.38. The van der Waals surface area contributed by atoms with Gasteiger partial charge in [0.05, 0.1) is 0 Å². The number of amides is 1. The Hall–Kier alpha value is 0.792. The molecule has 0 fully saturated rings. The summed E-state index contributed by atoms with van der Waals surface area (Å²) in [5.74, 6) is -1.10. The van der Waals surface area contributed by atoms with Gasteiger partial charge in [0.15, 0.2) is 0 Å². The fraction of sp³-hybridized carbons (Fsp3) is 0.714. The van der Waals surface area contributed by atoms with Crippen molar-refractivity contribution in [3.63, 3.8) is 0 Å². The van der Waals surface area contributed by atoms with Crippen LogP contribution in [0.3, 0.4) is 0 Å². The molecule has 1 amide bonds. The minimum atomic E-state index is -1.10. The van der Waals surface area contributed by atoms with Crippen LogP contribution in [0.4, 0.5) is 4.79 Å². The van der Waals surface area contributed by atoms with Gasteiger partial charge in [0, 0.05) is 0 Å². The maximum absolute atomic E-state index is 10.8. The van der Waals surface area contributed by atoms with Gasteiger partial charge in [-0.3, -0.25) is 4.79 Å². The zero-order valence-corrected chi connectivity index (χ0v) is 7.38. The quantitative estimate of drug-likeness (QED) is 0.750. The molecule has 13 heavy (non-hydrogen) atoms. The fourth-order valence-corrected chi connectivity index (χ4v) is 0.462. The van der Waals surface area contributed by atoms with Gasteiger partial charge in [-0.05, 0) is 20.8 Å². The number of nitrogens with one attached hydrogen (secondary N) is 1. The second-order valence-electron chi connectivity index (χ2n) is 3.25. The molecule has 0 atom stereocenters. The topological polar surface area (TPSA) is 75.6 Å². The van der Waals surface area contributed by atoms with E-state index in [1.54, 1.807) is 20.8 Å². The summed E-state index contributed by atoms with van der Waals surface area (Å²) in [4.78, 5) is 20.8. The van der Waals surface area contributed by atoms with E-state index in [0.29, 0.717) is 0 Å². The van der Waals surface area contributed by atoms with Crippen molar-refractivity contribution in [1.29, 1.82) is 0 Å². The molecule has 0 saturated heterocycles. The SMILES string of the molecule is CC(C)(C)OC(=O)NCC(=O)O.[CsH]. The molecule has 0 radical (unpaired) electrons. The van der Waals surface area contributed by atoms with Crippen molar-refractivity contribution in [2.45, 2.75) is 26.4 Å². The van der Waals surface area contributed by atoms with E-state index in [9.17, 15) is 9.59 Å². The van der Waals surface area contributed by atoms with E-state index in [-0.39, 0.29) is 68.9 Å². The number of hydrogen-bond acceptors (Lipinski definition) is 3. The molecule has 0 spiro atoms. The van der Waals surface area contributed by atoms with Gasteiger partial charge in [-0.15, -0.1) is 0 Å². The maximum atomic E-state index is 10.8. The molecule has 0 bridgehead atoms. The molecular formula is C7H14CsNO4. The molecule has 0 rings (SSSR count). The van der Waals surface area contributed by atoms with Crippen LogP contribution in [0, 0.1) is 0 Å². The second kappa shape index (κ2) is 7.13. The summed E-state index contributed by atoms with van der Waals surface area (Å²) in [6.45, 7) is 4.68. The number of ether oxygens (including phenoxy) is 1. The molecule has 0 aliphatic heterocycles. The van der Waals surface area contributed by atoms with Crippen LogP contribution in [-0.2, 0) is 9.53 Å². The average molecular weight is 309 g/mol. The van der Waals surface area contributed by atoms with E-state index in [4.69, 9.17) is 9.84 Å². The van der Waals surface area contributed by atoms with Crippen LogP contribution in [-0.4, -0.2) is 98.2 Å². The molecule has 2 N–H and O–H groups in total. The summed E-state index contributed by atoms with van der Waals surface area (Å²) in [6.07, 6.45) is -0.718. The minimum absolute atomic E-state index is 0. The number of carbonyl (C=O) groups is 2. The van der Waals surface area contributed by atoms with E-state index in [0.717, 1.165) is 0 Å². The molecule has 72 valence electrons. The van der Waals surface area contributed by atoms with E-state index in [2.05, 4.69) is 5.32 Å². The van der Waals surface area contributed by atoms with E-state index < -0.39 is 24.2 Å². The average Bonchev–Trinajstić information content (AvgIpc) is 1.79. The normalized spacial score (nSPS) is 9.77. The Morgan fingerprint density at radius 3 is 2.15 bits per heavy atom. The molecular weight excluding hydrogens is 295 g/mol. The fourth-order valence-electron chi connectivity index (χ4n) is 0.462. The van der Waals surface area contributed by atoms with Crippen molar-refractivity contribution in [3.8, 4) is 0 Å². The van der Waals surface area contributed by atoms with Crippen molar-refractivity contribution in [1.82, 2.24) is 5.32 Å². The van der Waals surface area contributed by atoms with Crippen LogP contribution in [0.2, 0.25) is 0 Å².